The summed E-state index contributed by atoms with van der Waals surface area (Å²) in [7, 11) is 1.58. The van der Waals surface area contributed by atoms with E-state index in [4.69, 9.17) is 4.74 Å². The van der Waals surface area contributed by atoms with Gasteiger partial charge in [-0.05, 0) is 0 Å². The SMILES string of the molecule is Cn1cc(F)nc1[C@@H](F)C1COC1. The maximum atomic E-state index is 13.5. The molecular weight excluding hydrogens is 178 g/mol. The molecule has 2 heterocycles. The van der Waals surface area contributed by atoms with Gasteiger partial charge in [-0.2, -0.15) is 4.39 Å². The van der Waals surface area contributed by atoms with E-state index in [0.717, 1.165) is 0 Å². The molecule has 3 nitrogen and oxygen atoms in total. The number of imidazole rings is 1. The van der Waals surface area contributed by atoms with Crippen LogP contribution in [0, 0.1) is 11.9 Å². The lowest BCUT2D eigenvalue weighted by Crippen LogP contribution is -2.32. The lowest BCUT2D eigenvalue weighted by molar-refractivity contribution is -0.0717. The Balaban J connectivity index is 2.18. The number of alkyl halides is 1. The molecule has 0 spiro atoms. The van der Waals surface area contributed by atoms with Crippen LogP contribution in [0.4, 0.5) is 8.78 Å². The second kappa shape index (κ2) is 3.06. The number of rotatable bonds is 2. The summed E-state index contributed by atoms with van der Waals surface area (Å²) in [5.74, 6) is -0.660. The number of halogens is 2. The third-order valence-electron chi connectivity index (χ3n) is 2.21. The van der Waals surface area contributed by atoms with Gasteiger partial charge in [-0.3, -0.25) is 0 Å². The maximum Gasteiger partial charge on any atom is 0.231 e. The molecule has 1 atom stereocenters. The third-order valence-corrected chi connectivity index (χ3v) is 2.21. The Bertz CT molecular complexity index is 309. The Kier molecular flexibility index (Phi) is 2.03. The molecule has 1 aromatic heterocycles. The van der Waals surface area contributed by atoms with E-state index in [0.29, 0.717) is 13.2 Å². The largest absolute Gasteiger partial charge is 0.380 e. The van der Waals surface area contributed by atoms with Crippen molar-refractivity contribution in [3.8, 4) is 0 Å². The first-order valence-electron chi connectivity index (χ1n) is 4.09. The highest BCUT2D eigenvalue weighted by Gasteiger charge is 2.32. The van der Waals surface area contributed by atoms with Crippen LogP contribution in [0.2, 0.25) is 0 Å². The normalized spacial score (nSPS) is 19.9. The highest BCUT2D eigenvalue weighted by molar-refractivity contribution is 5.00. The van der Waals surface area contributed by atoms with Gasteiger partial charge in [-0.1, -0.05) is 0 Å². The third kappa shape index (κ3) is 1.44. The van der Waals surface area contributed by atoms with Gasteiger partial charge in [0.25, 0.3) is 0 Å². The summed E-state index contributed by atoms with van der Waals surface area (Å²) < 4.78 is 32.4. The molecule has 13 heavy (non-hydrogen) atoms. The molecule has 0 unspecified atom stereocenters. The van der Waals surface area contributed by atoms with Crippen molar-refractivity contribution < 1.29 is 13.5 Å². The van der Waals surface area contributed by atoms with Crippen LogP contribution in [0.1, 0.15) is 12.0 Å². The number of nitrogens with zero attached hydrogens (tertiary/aromatic N) is 2. The molecule has 0 saturated carbocycles. The zero-order valence-electron chi connectivity index (χ0n) is 7.20. The van der Waals surface area contributed by atoms with E-state index in [1.165, 1.54) is 10.8 Å². The van der Waals surface area contributed by atoms with E-state index < -0.39 is 12.1 Å². The average molecular weight is 188 g/mol. The lowest BCUT2D eigenvalue weighted by Gasteiger charge is -2.28. The molecule has 0 N–H and O–H groups in total. The van der Waals surface area contributed by atoms with Crippen molar-refractivity contribution in [3.63, 3.8) is 0 Å². The fraction of sp³-hybridized carbons (Fsp3) is 0.625. The second-order valence-corrected chi connectivity index (χ2v) is 3.23. The van der Waals surface area contributed by atoms with E-state index in [-0.39, 0.29) is 11.7 Å². The van der Waals surface area contributed by atoms with E-state index in [1.54, 1.807) is 7.05 Å². The highest BCUT2D eigenvalue weighted by atomic mass is 19.1. The quantitative estimate of drug-likeness (QED) is 0.697. The summed E-state index contributed by atoms with van der Waals surface area (Å²) in [6, 6.07) is 0. The standard InChI is InChI=1S/C8H10F2N2O/c1-12-2-6(9)11-8(12)7(10)5-3-13-4-5/h2,5,7H,3-4H2,1H3/t7-/m0/s1. The molecule has 0 radical (unpaired) electrons. The van der Waals surface area contributed by atoms with Crippen LogP contribution in [0.25, 0.3) is 0 Å². The molecule has 1 saturated heterocycles. The van der Waals surface area contributed by atoms with Crippen molar-refractivity contribution in [1.82, 2.24) is 9.55 Å². The zero-order valence-corrected chi connectivity index (χ0v) is 7.20. The number of aryl methyl sites for hydroxylation is 1. The second-order valence-electron chi connectivity index (χ2n) is 3.23. The Morgan fingerprint density at radius 2 is 2.38 bits per heavy atom. The molecule has 1 fully saturated rings. The van der Waals surface area contributed by atoms with E-state index >= 15 is 0 Å². The minimum Gasteiger partial charge on any atom is -0.380 e. The minimum absolute atomic E-state index is 0.144. The van der Waals surface area contributed by atoms with Crippen LogP contribution in [-0.2, 0) is 11.8 Å². The maximum absolute atomic E-state index is 13.5. The molecule has 2 rings (SSSR count). The van der Waals surface area contributed by atoms with Gasteiger partial charge in [0.05, 0.1) is 19.4 Å². The van der Waals surface area contributed by atoms with Gasteiger partial charge in [-0.15, -0.1) is 0 Å². The van der Waals surface area contributed by atoms with Crippen molar-refractivity contribution in [3.05, 3.63) is 18.0 Å². The monoisotopic (exact) mass is 188 g/mol. The first-order valence-corrected chi connectivity index (χ1v) is 4.09. The summed E-state index contributed by atoms with van der Waals surface area (Å²) >= 11 is 0. The van der Waals surface area contributed by atoms with Gasteiger partial charge < -0.3 is 9.30 Å². The Hall–Kier alpha value is -0.970. The molecule has 5 heteroatoms. The molecule has 72 valence electrons. The van der Waals surface area contributed by atoms with Crippen molar-refractivity contribution in [2.75, 3.05) is 13.2 Å². The summed E-state index contributed by atoms with van der Waals surface area (Å²) in [5, 5.41) is 0. The van der Waals surface area contributed by atoms with Crippen molar-refractivity contribution in [1.29, 1.82) is 0 Å². The Morgan fingerprint density at radius 1 is 1.69 bits per heavy atom. The summed E-state index contributed by atoms with van der Waals surface area (Å²) in [6.45, 7) is 0.797. The van der Waals surface area contributed by atoms with Gasteiger partial charge in [0, 0.05) is 13.0 Å². The van der Waals surface area contributed by atoms with Crippen molar-refractivity contribution in [2.24, 2.45) is 13.0 Å². The topological polar surface area (TPSA) is 27.1 Å². The van der Waals surface area contributed by atoms with Crippen LogP contribution < -0.4 is 0 Å². The first-order chi connectivity index (χ1) is 6.18. The van der Waals surface area contributed by atoms with Gasteiger partial charge >= 0.3 is 0 Å². The van der Waals surface area contributed by atoms with Gasteiger partial charge in [0.15, 0.2) is 6.17 Å². The summed E-state index contributed by atoms with van der Waals surface area (Å²) in [6.07, 6.45) is -0.0511. The predicted octanol–water partition coefficient (Wildman–Crippen LogP) is 1.22. The first kappa shape index (κ1) is 8.62. The molecule has 0 aliphatic carbocycles. The molecule has 0 bridgehead atoms. The Morgan fingerprint density at radius 3 is 2.77 bits per heavy atom. The van der Waals surface area contributed by atoms with Crippen molar-refractivity contribution >= 4 is 0 Å². The lowest BCUT2D eigenvalue weighted by atomic mass is 10.0. The van der Waals surface area contributed by atoms with E-state index in [9.17, 15) is 8.78 Å². The van der Waals surface area contributed by atoms with Crippen molar-refractivity contribution in [2.45, 2.75) is 6.17 Å². The number of aromatic nitrogens is 2. The minimum atomic E-state index is -1.22. The fourth-order valence-electron chi connectivity index (χ4n) is 1.33. The average Bonchev–Trinajstić information content (AvgIpc) is 2.26. The van der Waals surface area contributed by atoms with Crippen LogP contribution in [0.15, 0.2) is 6.20 Å². The smallest absolute Gasteiger partial charge is 0.231 e. The van der Waals surface area contributed by atoms with Crippen LogP contribution >= 0.6 is 0 Å². The molecule has 0 aromatic carbocycles. The van der Waals surface area contributed by atoms with E-state index in [1.807, 2.05) is 0 Å². The highest BCUT2D eigenvalue weighted by Crippen LogP contribution is 2.30. The number of hydrogen-bond acceptors (Lipinski definition) is 2. The molecule has 1 aromatic rings. The summed E-state index contributed by atoms with van der Waals surface area (Å²) in [4.78, 5) is 3.48. The molecule has 1 aliphatic rings. The van der Waals surface area contributed by atoms with Crippen LogP contribution in [0.3, 0.4) is 0 Å². The number of hydrogen-bond donors (Lipinski definition) is 0. The molecular formula is C8H10F2N2O. The van der Waals surface area contributed by atoms with Gasteiger partial charge in [0.2, 0.25) is 5.95 Å². The number of ether oxygens (including phenoxy) is 1. The molecule has 1 aliphatic heterocycles. The van der Waals surface area contributed by atoms with Crippen LogP contribution in [-0.4, -0.2) is 22.8 Å². The summed E-state index contributed by atoms with van der Waals surface area (Å²) in [5.41, 5.74) is 0. The zero-order chi connectivity index (χ0) is 9.42. The fourth-order valence-corrected chi connectivity index (χ4v) is 1.33. The predicted molar refractivity (Wildman–Crippen MR) is 41.3 cm³/mol. The van der Waals surface area contributed by atoms with E-state index in [2.05, 4.69) is 4.98 Å². The van der Waals surface area contributed by atoms with Gasteiger partial charge in [-0.25, -0.2) is 9.37 Å². The Labute approximate surface area is 74.3 Å². The van der Waals surface area contributed by atoms with Crippen LogP contribution in [0.5, 0.6) is 0 Å². The molecule has 0 amide bonds. The van der Waals surface area contributed by atoms with Gasteiger partial charge in [0.1, 0.15) is 5.82 Å².